The quantitative estimate of drug-likeness (QED) is 0.783. The van der Waals surface area contributed by atoms with Crippen LogP contribution in [0.1, 0.15) is 11.6 Å². The highest BCUT2D eigenvalue weighted by molar-refractivity contribution is 9.10. The van der Waals surface area contributed by atoms with Crippen molar-refractivity contribution in [1.82, 2.24) is 14.4 Å². The average Bonchev–Trinajstić information content (AvgIpc) is 2.86. The maximum atomic E-state index is 12.0. The highest BCUT2D eigenvalue weighted by Gasteiger charge is 2.32. The van der Waals surface area contributed by atoms with E-state index >= 15 is 0 Å². The van der Waals surface area contributed by atoms with Gasteiger partial charge in [0.05, 0.1) is 0 Å². The van der Waals surface area contributed by atoms with E-state index in [9.17, 15) is 14.7 Å². The van der Waals surface area contributed by atoms with Gasteiger partial charge >= 0.3 is 11.9 Å². The first-order valence-electron chi connectivity index (χ1n) is 8.02. The number of hydrogen-bond acceptors (Lipinski definition) is 4. The lowest BCUT2D eigenvalue weighted by Gasteiger charge is -2.36. The molecule has 1 aromatic carbocycles. The number of aromatic nitrogens is 1. The van der Waals surface area contributed by atoms with Crippen LogP contribution in [0.25, 0.3) is 10.9 Å². The van der Waals surface area contributed by atoms with E-state index in [1.165, 1.54) is 0 Å². The van der Waals surface area contributed by atoms with Gasteiger partial charge in [0.15, 0.2) is 0 Å². The summed E-state index contributed by atoms with van der Waals surface area (Å²) in [6.45, 7) is 2.73. The zero-order valence-corrected chi connectivity index (χ0v) is 15.4. The van der Waals surface area contributed by atoms with Crippen molar-refractivity contribution < 1.29 is 19.8 Å². The summed E-state index contributed by atoms with van der Waals surface area (Å²) in [7, 11) is 2.02. The number of carboxylic acid groups (broad SMARTS) is 2. The molecule has 3 rings (SSSR count). The molecule has 134 valence electrons. The molecule has 1 aliphatic rings. The second-order valence-corrected chi connectivity index (χ2v) is 7.26. The lowest BCUT2D eigenvalue weighted by molar-refractivity contribution is -0.144. The fraction of sp³-hybridized carbons (Fsp3) is 0.412. The Bertz CT molecular complexity index is 812. The zero-order valence-electron chi connectivity index (χ0n) is 13.9. The second-order valence-electron chi connectivity index (χ2n) is 6.35. The minimum atomic E-state index is -0.960. The summed E-state index contributed by atoms with van der Waals surface area (Å²) in [4.78, 5) is 27.3. The van der Waals surface area contributed by atoms with Gasteiger partial charge < -0.3 is 19.7 Å². The Balaban J connectivity index is 2.09. The first-order chi connectivity index (χ1) is 11.9. The molecule has 0 saturated carbocycles. The van der Waals surface area contributed by atoms with Gasteiger partial charge in [-0.2, -0.15) is 0 Å². The molecule has 2 aromatic rings. The maximum absolute atomic E-state index is 12.0. The monoisotopic (exact) mass is 409 g/mol. The molecule has 1 aliphatic heterocycles. The number of carboxylic acids is 2. The predicted molar refractivity (Wildman–Crippen MR) is 96.7 cm³/mol. The van der Waals surface area contributed by atoms with Crippen molar-refractivity contribution >= 4 is 38.8 Å². The van der Waals surface area contributed by atoms with Crippen molar-refractivity contribution in [2.45, 2.75) is 12.6 Å². The highest BCUT2D eigenvalue weighted by atomic mass is 79.9. The number of carbonyl (C=O) groups is 2. The number of fused-ring (bicyclic) bond motifs is 1. The predicted octanol–water partition coefficient (Wildman–Crippen LogP) is 1.86. The molecule has 25 heavy (non-hydrogen) atoms. The van der Waals surface area contributed by atoms with Crippen molar-refractivity contribution in [3.05, 3.63) is 34.4 Å². The van der Waals surface area contributed by atoms with E-state index in [1.54, 1.807) is 10.8 Å². The number of halogens is 1. The summed E-state index contributed by atoms with van der Waals surface area (Å²) in [6.07, 6.45) is 1.67. The van der Waals surface area contributed by atoms with E-state index in [4.69, 9.17) is 5.11 Å². The van der Waals surface area contributed by atoms with Gasteiger partial charge in [0.25, 0.3) is 0 Å². The number of rotatable bonds is 5. The molecule has 8 heteroatoms. The molecule has 0 spiro atoms. The number of likely N-dealkylation sites (N-methyl/N-ethyl adjacent to an activating group) is 1. The maximum Gasteiger partial charge on any atom is 0.325 e. The fourth-order valence-electron chi connectivity index (χ4n) is 3.36. The van der Waals surface area contributed by atoms with Gasteiger partial charge in [0.2, 0.25) is 0 Å². The third kappa shape index (κ3) is 3.70. The van der Waals surface area contributed by atoms with Crippen LogP contribution in [0.2, 0.25) is 0 Å². The number of benzene rings is 1. The highest BCUT2D eigenvalue weighted by Crippen LogP contribution is 2.33. The Kier molecular flexibility index (Phi) is 5.12. The van der Waals surface area contributed by atoms with Crippen LogP contribution in [0.3, 0.4) is 0 Å². The molecule has 1 atom stereocenters. The van der Waals surface area contributed by atoms with Crippen LogP contribution in [-0.2, 0) is 16.1 Å². The van der Waals surface area contributed by atoms with Crippen LogP contribution in [0.15, 0.2) is 28.9 Å². The smallest absolute Gasteiger partial charge is 0.325 e. The Hall–Kier alpha value is -1.90. The SMILES string of the molecule is CN1CCN([C@@H](C(=O)O)c2cn(CC(=O)O)c3ccc(Br)cc23)CC1. The number of piperazine rings is 1. The van der Waals surface area contributed by atoms with Crippen molar-refractivity contribution in [3.8, 4) is 0 Å². The Morgan fingerprint density at radius 1 is 1.20 bits per heavy atom. The third-order valence-corrected chi connectivity index (χ3v) is 5.10. The van der Waals surface area contributed by atoms with Gasteiger partial charge in [0.1, 0.15) is 12.6 Å². The van der Waals surface area contributed by atoms with E-state index in [1.807, 2.05) is 30.1 Å². The topological polar surface area (TPSA) is 86.0 Å². The second kappa shape index (κ2) is 7.15. The van der Waals surface area contributed by atoms with Gasteiger partial charge in [0, 0.05) is 53.3 Å². The van der Waals surface area contributed by atoms with Crippen LogP contribution >= 0.6 is 15.9 Å². The van der Waals surface area contributed by atoms with Crippen molar-refractivity contribution in [3.63, 3.8) is 0 Å². The van der Waals surface area contributed by atoms with E-state index in [-0.39, 0.29) is 6.54 Å². The summed E-state index contributed by atoms with van der Waals surface area (Å²) in [6, 6.07) is 4.71. The van der Waals surface area contributed by atoms with Gasteiger partial charge in [-0.15, -0.1) is 0 Å². The molecule has 0 radical (unpaired) electrons. The minimum absolute atomic E-state index is 0.201. The summed E-state index contributed by atoms with van der Waals surface area (Å²) >= 11 is 3.42. The number of hydrogen-bond donors (Lipinski definition) is 2. The zero-order chi connectivity index (χ0) is 18.1. The molecule has 7 nitrogen and oxygen atoms in total. The van der Waals surface area contributed by atoms with Gasteiger partial charge in [-0.3, -0.25) is 14.5 Å². The molecular weight excluding hydrogens is 390 g/mol. The average molecular weight is 410 g/mol. The van der Waals surface area contributed by atoms with Gasteiger partial charge in [-0.05, 0) is 25.2 Å². The van der Waals surface area contributed by atoms with Crippen LogP contribution in [0.4, 0.5) is 0 Å². The first kappa shape index (κ1) is 17.9. The van der Waals surface area contributed by atoms with Crippen LogP contribution in [-0.4, -0.2) is 69.7 Å². The molecule has 0 aliphatic carbocycles. The largest absolute Gasteiger partial charge is 0.480 e. The van der Waals surface area contributed by atoms with E-state index in [2.05, 4.69) is 20.8 Å². The Morgan fingerprint density at radius 3 is 2.48 bits per heavy atom. The minimum Gasteiger partial charge on any atom is -0.480 e. The summed E-state index contributed by atoms with van der Waals surface area (Å²) in [5.74, 6) is -1.88. The van der Waals surface area contributed by atoms with Crippen molar-refractivity contribution in [1.29, 1.82) is 0 Å². The van der Waals surface area contributed by atoms with Gasteiger partial charge in [-0.1, -0.05) is 15.9 Å². The standard InChI is InChI=1S/C17H20BrN3O4/c1-19-4-6-20(7-5-19)16(17(24)25)13-9-21(10-15(22)23)14-3-2-11(18)8-12(13)14/h2-3,8-9,16H,4-7,10H2,1H3,(H,22,23)(H,24,25)/t16-/m1/s1. The molecule has 1 fully saturated rings. The molecule has 0 amide bonds. The number of nitrogens with zero attached hydrogens (tertiary/aromatic N) is 3. The van der Waals surface area contributed by atoms with Crippen LogP contribution in [0, 0.1) is 0 Å². The molecule has 0 unspecified atom stereocenters. The molecule has 2 heterocycles. The van der Waals surface area contributed by atoms with E-state index < -0.39 is 18.0 Å². The first-order valence-corrected chi connectivity index (χ1v) is 8.81. The van der Waals surface area contributed by atoms with Crippen molar-refractivity contribution in [2.24, 2.45) is 0 Å². The van der Waals surface area contributed by atoms with Gasteiger partial charge in [-0.25, -0.2) is 0 Å². The summed E-state index contributed by atoms with van der Waals surface area (Å²) < 4.78 is 2.43. The summed E-state index contributed by atoms with van der Waals surface area (Å²) in [5, 5.41) is 19.8. The van der Waals surface area contributed by atoms with Crippen molar-refractivity contribution in [2.75, 3.05) is 33.2 Å². The molecule has 0 bridgehead atoms. The number of aliphatic carboxylic acids is 2. The molecular formula is C17H20BrN3O4. The molecule has 2 N–H and O–H groups in total. The molecule has 1 aromatic heterocycles. The lowest BCUT2D eigenvalue weighted by atomic mass is 10.0. The Labute approximate surface area is 153 Å². The Morgan fingerprint density at radius 2 is 1.88 bits per heavy atom. The normalized spacial score (nSPS) is 17.7. The van der Waals surface area contributed by atoms with Crippen LogP contribution in [0.5, 0.6) is 0 Å². The van der Waals surface area contributed by atoms with E-state index in [0.717, 1.165) is 28.5 Å². The van der Waals surface area contributed by atoms with E-state index in [0.29, 0.717) is 18.7 Å². The third-order valence-electron chi connectivity index (χ3n) is 4.61. The van der Waals surface area contributed by atoms with Crippen LogP contribution < -0.4 is 0 Å². The fourth-order valence-corrected chi connectivity index (χ4v) is 3.72. The summed E-state index contributed by atoms with van der Waals surface area (Å²) in [5.41, 5.74) is 1.36. The molecule has 1 saturated heterocycles. The lowest BCUT2D eigenvalue weighted by Crippen LogP contribution is -2.47.